The van der Waals surface area contributed by atoms with Gasteiger partial charge in [-0.15, -0.1) is 11.3 Å². The van der Waals surface area contributed by atoms with E-state index in [1.54, 1.807) is 41.8 Å². The molecule has 0 aliphatic heterocycles. The van der Waals surface area contributed by atoms with Crippen molar-refractivity contribution in [1.29, 1.82) is 0 Å². The Labute approximate surface area is 341 Å². The van der Waals surface area contributed by atoms with Crippen LogP contribution in [0.2, 0.25) is 10.0 Å². The number of Topliss-reactive ketones (excluding diaryl/α,β-unsaturated/α-hetero) is 1. The third kappa shape index (κ3) is 14.7. The van der Waals surface area contributed by atoms with Crippen LogP contribution in [-0.2, 0) is 12.6 Å². The number of anilines is 2. The van der Waals surface area contributed by atoms with E-state index >= 15 is 0 Å². The number of thiazole rings is 1. The molecule has 0 atom stereocenters. The summed E-state index contributed by atoms with van der Waals surface area (Å²) >= 11 is 21.0. The van der Waals surface area contributed by atoms with Gasteiger partial charge in [0.05, 0.1) is 26.6 Å². The fraction of sp³-hybridized carbons (Fsp3) is 0.121. The maximum atomic E-state index is 12.7. The van der Waals surface area contributed by atoms with Crippen LogP contribution in [0.3, 0.4) is 0 Å². The quantitative estimate of drug-likeness (QED) is 0.0800. The molecule has 0 unspecified atom stereocenters. The Hall–Kier alpha value is -1.71. The SMILES string of the molecule is Cc1cccc(CC(N)=S)c1.FC(F)(F)c1cccc(Nc2nc(-c3ccccc3Cl)cs2)c1.O=C(CBr)c1ccccc1Cl.[F-].[K+]. The molecule has 14 heteroatoms. The number of hydrogen-bond acceptors (Lipinski definition) is 5. The normalized spacial score (nSPS) is 10.1. The number of rotatable bonds is 7. The van der Waals surface area contributed by atoms with Gasteiger partial charge >= 0.3 is 57.6 Å². The van der Waals surface area contributed by atoms with Crippen LogP contribution in [0.1, 0.15) is 27.0 Å². The fourth-order valence-corrected chi connectivity index (χ4v) is 5.48. The second-order valence-corrected chi connectivity index (χ2v) is 12.1. The maximum absolute atomic E-state index is 12.7. The van der Waals surface area contributed by atoms with Crippen LogP contribution in [0.4, 0.5) is 24.0 Å². The molecule has 47 heavy (non-hydrogen) atoms. The minimum atomic E-state index is -4.37. The first-order chi connectivity index (χ1) is 21.4. The Bertz CT molecular complexity index is 1760. The first-order valence-electron chi connectivity index (χ1n) is 13.2. The van der Waals surface area contributed by atoms with E-state index < -0.39 is 11.7 Å². The number of alkyl halides is 4. The molecule has 1 heterocycles. The third-order valence-electron chi connectivity index (χ3n) is 5.85. The van der Waals surface area contributed by atoms with Gasteiger partial charge in [0, 0.05) is 33.6 Å². The number of aromatic nitrogens is 1. The van der Waals surface area contributed by atoms with Crippen LogP contribution >= 0.6 is 62.7 Å². The van der Waals surface area contributed by atoms with E-state index in [4.69, 9.17) is 41.2 Å². The molecule has 0 radical (unpaired) electrons. The summed E-state index contributed by atoms with van der Waals surface area (Å²) in [5.41, 5.74) is 9.51. The number of thiocarbonyl (C=S) groups is 1. The van der Waals surface area contributed by atoms with Crippen molar-refractivity contribution in [3.63, 3.8) is 0 Å². The van der Waals surface area contributed by atoms with Crippen molar-refractivity contribution in [1.82, 2.24) is 4.98 Å². The molecule has 3 N–H and O–H groups in total. The summed E-state index contributed by atoms with van der Waals surface area (Å²) in [6, 6.07) is 27.5. The predicted octanol–water partition coefficient (Wildman–Crippen LogP) is 4.98. The zero-order valence-electron chi connectivity index (χ0n) is 25.1. The molecule has 242 valence electrons. The van der Waals surface area contributed by atoms with Gasteiger partial charge in [-0.05, 0) is 48.9 Å². The molecule has 0 amide bonds. The Kier molecular flexibility index (Phi) is 19.7. The van der Waals surface area contributed by atoms with Crippen LogP contribution in [0.25, 0.3) is 11.3 Å². The van der Waals surface area contributed by atoms with Gasteiger partial charge in [-0.2, -0.15) is 13.2 Å². The molecule has 4 aromatic carbocycles. The van der Waals surface area contributed by atoms with Crippen LogP contribution in [0.5, 0.6) is 0 Å². The van der Waals surface area contributed by atoms with E-state index in [0.717, 1.165) is 17.7 Å². The average Bonchev–Trinajstić information content (AvgIpc) is 3.45. The summed E-state index contributed by atoms with van der Waals surface area (Å²) in [6.45, 7) is 2.06. The monoisotopic (exact) mass is 809 g/mol. The number of aryl methyl sites for hydroxylation is 1. The Morgan fingerprint density at radius 3 is 2.19 bits per heavy atom. The summed E-state index contributed by atoms with van der Waals surface area (Å²) in [5, 5.41) is 6.59. The zero-order chi connectivity index (χ0) is 33.0. The molecule has 0 aliphatic carbocycles. The average molecular weight is 812 g/mol. The van der Waals surface area contributed by atoms with Crippen molar-refractivity contribution in [3.05, 3.63) is 135 Å². The largest absolute Gasteiger partial charge is 1.00 e. The van der Waals surface area contributed by atoms with Crippen molar-refractivity contribution < 1.29 is 74.1 Å². The minimum Gasteiger partial charge on any atom is -1.00 e. The first kappa shape index (κ1) is 43.3. The summed E-state index contributed by atoms with van der Waals surface area (Å²) in [4.78, 5) is 16.0. The number of hydrogen-bond donors (Lipinski definition) is 2. The van der Waals surface area contributed by atoms with Gasteiger partial charge in [0.1, 0.15) is 0 Å². The smallest absolute Gasteiger partial charge is 1.00 e. The number of carbonyl (C=O) groups excluding carboxylic acids is 1. The molecule has 0 saturated carbocycles. The van der Waals surface area contributed by atoms with Crippen molar-refractivity contribution >= 4 is 84.3 Å². The molecule has 4 nitrogen and oxygen atoms in total. The molecule has 0 bridgehead atoms. The molecule has 0 saturated heterocycles. The third-order valence-corrected chi connectivity index (χ3v) is 7.92. The number of carbonyl (C=O) groups is 1. The molecule has 0 aliphatic rings. The van der Waals surface area contributed by atoms with Crippen molar-refractivity contribution in [2.45, 2.75) is 19.5 Å². The van der Waals surface area contributed by atoms with E-state index in [0.29, 0.717) is 48.9 Å². The van der Waals surface area contributed by atoms with Crippen LogP contribution in [0.15, 0.2) is 102 Å². The van der Waals surface area contributed by atoms with Crippen LogP contribution in [-0.4, -0.2) is 21.1 Å². The Morgan fingerprint density at radius 2 is 1.60 bits per heavy atom. The van der Waals surface area contributed by atoms with Gasteiger partial charge in [-0.25, -0.2) is 4.98 Å². The Morgan fingerprint density at radius 1 is 0.957 bits per heavy atom. The topological polar surface area (TPSA) is 68.0 Å². The fourth-order valence-electron chi connectivity index (χ4n) is 3.80. The van der Waals surface area contributed by atoms with E-state index in [1.165, 1.54) is 28.5 Å². The van der Waals surface area contributed by atoms with E-state index in [2.05, 4.69) is 45.3 Å². The van der Waals surface area contributed by atoms with Crippen LogP contribution < -0.4 is 67.1 Å². The van der Waals surface area contributed by atoms with Gasteiger partial charge in [-0.1, -0.05) is 118 Å². The predicted molar refractivity (Wildman–Crippen MR) is 189 cm³/mol. The van der Waals surface area contributed by atoms with Crippen molar-refractivity contribution in [2.24, 2.45) is 5.73 Å². The van der Waals surface area contributed by atoms with E-state index in [-0.39, 0.29) is 61.9 Å². The second kappa shape index (κ2) is 21.4. The summed E-state index contributed by atoms with van der Waals surface area (Å²) in [5.74, 6) is 0.00981. The molecular weight excluding hydrogens is 784 g/mol. The first-order valence-corrected chi connectivity index (χ1v) is 16.4. The second-order valence-electron chi connectivity index (χ2n) is 9.39. The van der Waals surface area contributed by atoms with E-state index in [1.807, 2.05) is 30.3 Å². The number of benzene rings is 4. The van der Waals surface area contributed by atoms with Gasteiger partial charge in [0.15, 0.2) is 10.9 Å². The zero-order valence-corrected chi connectivity index (χ0v) is 33.0. The number of halogens is 7. The molecular formula is C33H27BrCl2F4KN3OS2. The van der Waals surface area contributed by atoms with Crippen LogP contribution in [0, 0.1) is 6.92 Å². The summed E-state index contributed by atoms with van der Waals surface area (Å²) in [7, 11) is 0. The standard InChI is InChI=1S/C16H10ClF3N2S.C9H11NS.C8H6BrClO.FH.K/c17-13-7-2-1-6-12(13)14-9-23-15(22-14)21-11-5-3-4-10(8-11)16(18,19)20;1-7-3-2-4-8(5-7)6-9(10)11;9-5-8(11)6-3-1-2-4-7(6)10;;/h1-9H,(H,21,22);2-5H,6H2,1H3,(H2,10,11);1-4H,5H2;1H;/q;;;;+1/p-1. The maximum Gasteiger partial charge on any atom is 1.00 e. The van der Waals surface area contributed by atoms with E-state index in [9.17, 15) is 18.0 Å². The number of nitrogens with zero attached hydrogens (tertiary/aromatic N) is 1. The number of ketones is 1. The summed E-state index contributed by atoms with van der Waals surface area (Å²) in [6.07, 6.45) is -3.67. The summed E-state index contributed by atoms with van der Waals surface area (Å²) < 4.78 is 38.2. The van der Waals surface area contributed by atoms with Gasteiger partial charge in [0.25, 0.3) is 0 Å². The Balaban J connectivity index is 0.000000388. The van der Waals surface area contributed by atoms with Gasteiger partial charge < -0.3 is 15.8 Å². The van der Waals surface area contributed by atoms with Crippen molar-refractivity contribution in [2.75, 3.05) is 10.6 Å². The number of nitrogens with one attached hydrogen (secondary N) is 1. The van der Waals surface area contributed by atoms with Crippen molar-refractivity contribution in [3.8, 4) is 11.3 Å². The van der Waals surface area contributed by atoms with Gasteiger partial charge in [-0.3, -0.25) is 4.79 Å². The minimum absolute atomic E-state index is 0. The molecule has 0 fully saturated rings. The number of nitrogens with two attached hydrogens (primary N) is 1. The molecule has 5 rings (SSSR count). The molecule has 1 aromatic heterocycles. The van der Waals surface area contributed by atoms with Gasteiger partial charge in [0.2, 0.25) is 0 Å². The molecule has 0 spiro atoms. The molecule has 5 aromatic rings.